The first kappa shape index (κ1) is 18.3. The monoisotopic (exact) mass is 343 g/mol. The van der Waals surface area contributed by atoms with Crippen molar-refractivity contribution in [2.75, 3.05) is 24.3 Å². The fraction of sp³-hybridized carbons (Fsp3) is 0.278. The molecule has 0 atom stereocenters. The lowest BCUT2D eigenvalue weighted by Gasteiger charge is -2.11. The lowest BCUT2D eigenvalue weighted by Crippen LogP contribution is -2.14. The first-order chi connectivity index (χ1) is 12.0. The zero-order valence-electron chi connectivity index (χ0n) is 14.2. The Morgan fingerprint density at radius 2 is 1.92 bits per heavy atom. The lowest BCUT2D eigenvalue weighted by atomic mass is 10.2. The van der Waals surface area contributed by atoms with Gasteiger partial charge in [0.15, 0.2) is 0 Å². The van der Waals surface area contributed by atoms with Crippen molar-refractivity contribution in [3.05, 3.63) is 58.1 Å². The molecule has 0 heterocycles. The molecule has 0 spiro atoms. The summed E-state index contributed by atoms with van der Waals surface area (Å²) in [4.78, 5) is 22.2. The molecule has 7 nitrogen and oxygen atoms in total. The van der Waals surface area contributed by atoms with E-state index in [1.807, 2.05) is 25.1 Å². The first-order valence-corrected chi connectivity index (χ1v) is 7.92. The first-order valence-electron chi connectivity index (χ1n) is 7.92. The van der Waals surface area contributed by atoms with Crippen LogP contribution >= 0.6 is 0 Å². The molecule has 0 radical (unpaired) electrons. The number of nitrogens with zero attached hydrogens (tertiary/aromatic N) is 1. The summed E-state index contributed by atoms with van der Waals surface area (Å²) >= 11 is 0. The Hall–Kier alpha value is -3.09. The Kier molecular flexibility index (Phi) is 6.33. The van der Waals surface area contributed by atoms with Crippen molar-refractivity contribution in [2.24, 2.45) is 0 Å². The largest absolute Gasteiger partial charge is 0.495 e. The number of nitro benzene ring substituents is 1. The van der Waals surface area contributed by atoms with Gasteiger partial charge in [-0.2, -0.15) is 0 Å². The van der Waals surface area contributed by atoms with E-state index < -0.39 is 4.92 Å². The molecule has 2 N–H and O–H groups in total. The van der Waals surface area contributed by atoms with E-state index in [2.05, 4.69) is 10.6 Å². The number of amides is 1. The molecule has 0 aliphatic heterocycles. The number of aryl methyl sites for hydroxylation is 1. The number of nitrogens with one attached hydrogen (secondary N) is 2. The number of rotatable bonds is 8. The van der Waals surface area contributed by atoms with Crippen molar-refractivity contribution in [1.82, 2.24) is 0 Å². The van der Waals surface area contributed by atoms with Gasteiger partial charge in [0.05, 0.1) is 17.7 Å². The second kappa shape index (κ2) is 8.68. The number of non-ortho nitro benzene ring substituents is 1. The molecule has 1 amide bonds. The summed E-state index contributed by atoms with van der Waals surface area (Å²) in [5.74, 6) is 0.539. The van der Waals surface area contributed by atoms with Crippen molar-refractivity contribution in [3.8, 4) is 5.75 Å². The van der Waals surface area contributed by atoms with Gasteiger partial charge in [-0.15, -0.1) is 0 Å². The summed E-state index contributed by atoms with van der Waals surface area (Å²) < 4.78 is 5.24. The Morgan fingerprint density at radius 3 is 2.56 bits per heavy atom. The Morgan fingerprint density at radius 1 is 1.20 bits per heavy atom. The van der Waals surface area contributed by atoms with E-state index >= 15 is 0 Å². The highest BCUT2D eigenvalue weighted by atomic mass is 16.6. The van der Waals surface area contributed by atoms with E-state index in [-0.39, 0.29) is 11.6 Å². The fourth-order valence-corrected chi connectivity index (χ4v) is 2.31. The standard InChI is InChI=1S/C18H21N3O4/c1-13-5-10-17(25-2)16(12-13)20-18(22)4-3-11-19-14-6-8-15(9-7-14)21(23)24/h5-10,12,19H,3-4,11H2,1-2H3,(H,20,22). The summed E-state index contributed by atoms with van der Waals surface area (Å²) in [7, 11) is 1.56. The number of hydrogen-bond donors (Lipinski definition) is 2. The third-order valence-corrected chi connectivity index (χ3v) is 3.62. The normalized spacial score (nSPS) is 10.2. The zero-order chi connectivity index (χ0) is 18.2. The summed E-state index contributed by atoms with van der Waals surface area (Å²) in [5, 5.41) is 16.6. The van der Waals surface area contributed by atoms with Gasteiger partial charge in [-0.25, -0.2) is 0 Å². The van der Waals surface area contributed by atoms with Crippen molar-refractivity contribution in [1.29, 1.82) is 0 Å². The van der Waals surface area contributed by atoms with Crippen molar-refractivity contribution in [2.45, 2.75) is 19.8 Å². The highest BCUT2D eigenvalue weighted by Crippen LogP contribution is 2.25. The molecule has 0 aliphatic carbocycles. The van der Waals surface area contributed by atoms with Gasteiger partial charge in [0.25, 0.3) is 5.69 Å². The number of ether oxygens (including phenoxy) is 1. The molecule has 25 heavy (non-hydrogen) atoms. The third-order valence-electron chi connectivity index (χ3n) is 3.62. The number of nitro groups is 1. The Balaban J connectivity index is 1.77. The molecule has 0 saturated heterocycles. The molecule has 0 unspecified atom stereocenters. The molecule has 0 saturated carbocycles. The molecular formula is C18H21N3O4. The van der Waals surface area contributed by atoms with Crippen molar-refractivity contribution in [3.63, 3.8) is 0 Å². The van der Waals surface area contributed by atoms with E-state index in [0.717, 1.165) is 11.3 Å². The molecule has 0 aliphatic rings. The van der Waals surface area contributed by atoms with Crippen molar-refractivity contribution >= 4 is 23.0 Å². The molecule has 0 aromatic heterocycles. The maximum absolute atomic E-state index is 12.1. The van der Waals surface area contributed by atoms with Gasteiger partial charge in [0.2, 0.25) is 5.91 Å². The van der Waals surface area contributed by atoms with E-state index in [0.29, 0.717) is 30.8 Å². The number of carbonyl (C=O) groups excluding carboxylic acids is 1. The van der Waals surface area contributed by atoms with Crippen LogP contribution in [-0.2, 0) is 4.79 Å². The van der Waals surface area contributed by atoms with Crippen LogP contribution in [0, 0.1) is 17.0 Å². The van der Waals surface area contributed by atoms with Crippen LogP contribution in [0.4, 0.5) is 17.1 Å². The smallest absolute Gasteiger partial charge is 0.269 e. The summed E-state index contributed by atoms with van der Waals surface area (Å²) in [6.07, 6.45) is 0.994. The maximum atomic E-state index is 12.1. The predicted octanol–water partition coefficient (Wildman–Crippen LogP) is 3.74. The number of hydrogen-bond acceptors (Lipinski definition) is 5. The van der Waals surface area contributed by atoms with Crippen LogP contribution < -0.4 is 15.4 Å². The van der Waals surface area contributed by atoms with Crippen LogP contribution in [-0.4, -0.2) is 24.5 Å². The number of benzene rings is 2. The molecule has 2 aromatic carbocycles. The van der Waals surface area contributed by atoms with Crippen LogP contribution in [0.1, 0.15) is 18.4 Å². The third kappa shape index (κ3) is 5.49. The summed E-state index contributed by atoms with van der Waals surface area (Å²) in [6, 6.07) is 11.8. The minimum absolute atomic E-state index is 0.0528. The highest BCUT2D eigenvalue weighted by Gasteiger charge is 2.08. The highest BCUT2D eigenvalue weighted by molar-refractivity contribution is 5.92. The fourth-order valence-electron chi connectivity index (χ4n) is 2.31. The molecule has 132 valence electrons. The van der Waals surface area contributed by atoms with Gasteiger partial charge in [0, 0.05) is 30.8 Å². The zero-order valence-corrected chi connectivity index (χ0v) is 14.2. The van der Waals surface area contributed by atoms with Gasteiger partial charge >= 0.3 is 0 Å². The SMILES string of the molecule is COc1ccc(C)cc1NC(=O)CCCNc1ccc([N+](=O)[O-])cc1. The van der Waals surface area contributed by atoms with Gasteiger partial charge in [-0.3, -0.25) is 14.9 Å². The van der Waals surface area contributed by atoms with Crippen LogP contribution in [0.2, 0.25) is 0 Å². The topological polar surface area (TPSA) is 93.5 Å². The van der Waals surface area contributed by atoms with Gasteiger partial charge in [-0.05, 0) is 43.2 Å². The minimum atomic E-state index is -0.437. The Bertz CT molecular complexity index is 744. The molecule has 0 bridgehead atoms. The number of anilines is 2. The van der Waals surface area contributed by atoms with Crippen LogP contribution in [0.25, 0.3) is 0 Å². The van der Waals surface area contributed by atoms with E-state index in [9.17, 15) is 14.9 Å². The van der Waals surface area contributed by atoms with Gasteiger partial charge in [-0.1, -0.05) is 6.07 Å². The number of methoxy groups -OCH3 is 1. The summed E-state index contributed by atoms with van der Waals surface area (Å²) in [6.45, 7) is 2.54. The average Bonchev–Trinajstić information content (AvgIpc) is 2.59. The van der Waals surface area contributed by atoms with Crippen LogP contribution in [0.15, 0.2) is 42.5 Å². The average molecular weight is 343 g/mol. The van der Waals surface area contributed by atoms with Gasteiger partial charge < -0.3 is 15.4 Å². The maximum Gasteiger partial charge on any atom is 0.269 e. The van der Waals surface area contributed by atoms with E-state index in [1.54, 1.807) is 19.2 Å². The minimum Gasteiger partial charge on any atom is -0.495 e. The Labute approximate surface area is 146 Å². The quantitative estimate of drug-likeness (QED) is 0.432. The molecule has 7 heteroatoms. The molecule has 2 rings (SSSR count). The van der Waals surface area contributed by atoms with Crippen molar-refractivity contribution < 1.29 is 14.5 Å². The van der Waals surface area contributed by atoms with E-state index in [1.165, 1.54) is 12.1 Å². The predicted molar refractivity (Wildman–Crippen MR) is 97.2 cm³/mol. The summed E-state index contributed by atoms with van der Waals surface area (Å²) in [5.41, 5.74) is 2.54. The molecular weight excluding hydrogens is 322 g/mol. The van der Waals surface area contributed by atoms with Crippen LogP contribution in [0.3, 0.4) is 0 Å². The molecule has 2 aromatic rings. The van der Waals surface area contributed by atoms with Gasteiger partial charge in [0.1, 0.15) is 5.75 Å². The number of carbonyl (C=O) groups is 1. The van der Waals surface area contributed by atoms with E-state index in [4.69, 9.17) is 4.74 Å². The lowest BCUT2D eigenvalue weighted by molar-refractivity contribution is -0.384. The second-order valence-electron chi connectivity index (χ2n) is 5.59. The van der Waals surface area contributed by atoms with Crippen LogP contribution in [0.5, 0.6) is 5.75 Å². The molecule has 0 fully saturated rings. The second-order valence-corrected chi connectivity index (χ2v) is 5.59.